The van der Waals surface area contributed by atoms with Crippen molar-refractivity contribution < 1.29 is 4.79 Å². The van der Waals surface area contributed by atoms with E-state index in [9.17, 15) is 4.79 Å². The molecule has 0 bridgehead atoms. The van der Waals surface area contributed by atoms with Gasteiger partial charge in [-0.05, 0) is 50.5 Å². The fourth-order valence-electron chi connectivity index (χ4n) is 4.41. The van der Waals surface area contributed by atoms with Gasteiger partial charge in [0.15, 0.2) is 5.96 Å². The summed E-state index contributed by atoms with van der Waals surface area (Å²) in [4.78, 5) is 35.2. The van der Waals surface area contributed by atoms with Crippen molar-refractivity contribution in [1.82, 2.24) is 35.5 Å². The molecule has 0 radical (unpaired) electrons. The van der Waals surface area contributed by atoms with Crippen LogP contribution in [0.15, 0.2) is 65.7 Å². The Labute approximate surface area is 219 Å². The van der Waals surface area contributed by atoms with Crippen LogP contribution in [0, 0.1) is 0 Å². The molecule has 5 N–H and O–H groups in total. The fraction of sp³-hybridized carbons (Fsp3) is 0.214. The van der Waals surface area contributed by atoms with Gasteiger partial charge < -0.3 is 30.8 Å². The smallest absolute Gasteiger partial charge is 0.251 e. The second-order valence-electron chi connectivity index (χ2n) is 9.55. The van der Waals surface area contributed by atoms with E-state index in [4.69, 9.17) is 9.97 Å². The highest BCUT2D eigenvalue weighted by Gasteiger charge is 2.12. The van der Waals surface area contributed by atoms with E-state index in [-0.39, 0.29) is 5.91 Å². The third kappa shape index (κ3) is 4.94. The van der Waals surface area contributed by atoms with Crippen LogP contribution in [-0.4, -0.2) is 77.0 Å². The van der Waals surface area contributed by atoms with Crippen molar-refractivity contribution >= 4 is 39.6 Å². The van der Waals surface area contributed by atoms with Crippen LogP contribution in [0.4, 0.5) is 5.69 Å². The summed E-state index contributed by atoms with van der Waals surface area (Å²) in [6.45, 7) is 3.04. The summed E-state index contributed by atoms with van der Waals surface area (Å²) in [7, 11) is 3.96. The Morgan fingerprint density at radius 1 is 0.895 bits per heavy atom. The summed E-state index contributed by atoms with van der Waals surface area (Å²) in [6.07, 6.45) is 0. The lowest BCUT2D eigenvalue weighted by Gasteiger charge is -2.10. The van der Waals surface area contributed by atoms with E-state index in [1.165, 1.54) is 0 Å². The highest BCUT2D eigenvalue weighted by molar-refractivity contribution is 5.98. The first-order chi connectivity index (χ1) is 18.5. The van der Waals surface area contributed by atoms with Crippen LogP contribution in [0.1, 0.15) is 10.4 Å². The first-order valence-corrected chi connectivity index (χ1v) is 12.6. The maximum Gasteiger partial charge on any atom is 0.251 e. The molecule has 1 amide bonds. The summed E-state index contributed by atoms with van der Waals surface area (Å²) >= 11 is 0. The number of carbonyl (C=O) groups is 1. The number of carbonyl (C=O) groups excluding carboxylic acids is 1. The summed E-state index contributed by atoms with van der Waals surface area (Å²) in [5.41, 5.74) is 6.98. The molecule has 0 saturated heterocycles. The number of amides is 1. The van der Waals surface area contributed by atoms with Crippen molar-refractivity contribution in [1.29, 1.82) is 0 Å². The Hall–Kier alpha value is -4.70. The highest BCUT2D eigenvalue weighted by atomic mass is 16.1. The number of H-pyrrole nitrogens is 2. The van der Waals surface area contributed by atoms with Gasteiger partial charge in [-0.3, -0.25) is 9.79 Å². The lowest BCUT2D eigenvalue weighted by Crippen LogP contribution is -2.31. The molecule has 0 aliphatic carbocycles. The molecule has 3 heterocycles. The van der Waals surface area contributed by atoms with Gasteiger partial charge in [0.05, 0.1) is 28.6 Å². The van der Waals surface area contributed by atoms with Crippen molar-refractivity contribution in [3.8, 4) is 22.8 Å². The molecule has 0 fully saturated rings. The highest BCUT2D eigenvalue weighted by Crippen LogP contribution is 2.26. The van der Waals surface area contributed by atoms with Crippen molar-refractivity contribution in [3.05, 3.63) is 66.2 Å². The molecule has 6 rings (SSSR count). The molecular formula is C28H29N9O. The van der Waals surface area contributed by atoms with Gasteiger partial charge in [0, 0.05) is 42.0 Å². The zero-order valence-electron chi connectivity index (χ0n) is 21.3. The zero-order chi connectivity index (χ0) is 26.1. The maximum absolute atomic E-state index is 12.5. The number of imidazole rings is 2. The first-order valence-electron chi connectivity index (χ1n) is 12.6. The second-order valence-corrected chi connectivity index (χ2v) is 9.55. The van der Waals surface area contributed by atoms with Gasteiger partial charge >= 0.3 is 0 Å². The van der Waals surface area contributed by atoms with E-state index in [1.807, 2.05) is 73.6 Å². The topological polar surface area (TPSA) is 126 Å². The Kier molecular flexibility index (Phi) is 6.22. The van der Waals surface area contributed by atoms with Gasteiger partial charge in [-0.2, -0.15) is 0 Å². The monoisotopic (exact) mass is 507 g/mol. The largest absolute Gasteiger partial charge is 0.354 e. The van der Waals surface area contributed by atoms with E-state index in [0.717, 1.165) is 76.1 Å². The Morgan fingerprint density at radius 3 is 2.18 bits per heavy atom. The van der Waals surface area contributed by atoms with Crippen LogP contribution >= 0.6 is 0 Å². The molecule has 0 spiro atoms. The lowest BCUT2D eigenvalue weighted by atomic mass is 10.1. The summed E-state index contributed by atoms with van der Waals surface area (Å²) < 4.78 is 0. The number of nitrogens with one attached hydrogen (secondary N) is 5. The number of aromatic nitrogens is 4. The van der Waals surface area contributed by atoms with Crippen LogP contribution in [0.3, 0.4) is 0 Å². The molecule has 0 saturated carbocycles. The lowest BCUT2D eigenvalue weighted by molar-refractivity contribution is 0.0951. The van der Waals surface area contributed by atoms with Gasteiger partial charge in [0.2, 0.25) is 0 Å². The minimum Gasteiger partial charge on any atom is -0.354 e. The van der Waals surface area contributed by atoms with E-state index in [1.54, 1.807) is 6.07 Å². The van der Waals surface area contributed by atoms with E-state index >= 15 is 0 Å². The molecule has 1 aliphatic rings. The Morgan fingerprint density at radius 2 is 1.55 bits per heavy atom. The molecule has 1 aliphatic heterocycles. The number of likely N-dealkylation sites (N-methyl/N-ethyl adjacent to an activating group) is 1. The predicted octanol–water partition coefficient (Wildman–Crippen LogP) is 3.44. The Balaban J connectivity index is 1.19. The SMILES string of the molecule is CN(C)CCNC(=O)c1ccc2nc(-c3ccc(-c4nc5ccc(NC6=NCCN6)cc5[nH]4)cc3)[nH]c2c1. The van der Waals surface area contributed by atoms with Crippen LogP contribution in [0.2, 0.25) is 0 Å². The summed E-state index contributed by atoms with van der Waals surface area (Å²) in [6, 6.07) is 19.6. The Bertz CT molecular complexity index is 1650. The third-order valence-electron chi connectivity index (χ3n) is 6.44. The summed E-state index contributed by atoms with van der Waals surface area (Å²) in [5, 5.41) is 9.46. The molecule has 5 aromatic rings. The number of aromatic amines is 2. The zero-order valence-corrected chi connectivity index (χ0v) is 21.3. The van der Waals surface area contributed by atoms with Gasteiger partial charge in [-0.15, -0.1) is 0 Å². The second kappa shape index (κ2) is 9.98. The van der Waals surface area contributed by atoms with Crippen LogP contribution in [-0.2, 0) is 0 Å². The predicted molar refractivity (Wildman–Crippen MR) is 151 cm³/mol. The number of nitrogens with zero attached hydrogens (tertiary/aromatic N) is 4. The number of hydrogen-bond donors (Lipinski definition) is 5. The van der Waals surface area contributed by atoms with Gasteiger partial charge in [0.25, 0.3) is 5.91 Å². The van der Waals surface area contributed by atoms with Gasteiger partial charge in [-0.25, -0.2) is 9.97 Å². The van der Waals surface area contributed by atoms with Gasteiger partial charge in [-0.1, -0.05) is 24.3 Å². The molecule has 0 unspecified atom stereocenters. The van der Waals surface area contributed by atoms with Crippen molar-refractivity contribution in [2.24, 2.45) is 4.99 Å². The first kappa shape index (κ1) is 23.7. The van der Waals surface area contributed by atoms with Crippen LogP contribution < -0.4 is 16.0 Å². The minimum atomic E-state index is -0.0908. The molecule has 2 aromatic heterocycles. The molecule has 38 heavy (non-hydrogen) atoms. The minimum absolute atomic E-state index is 0.0908. The van der Waals surface area contributed by atoms with E-state index < -0.39 is 0 Å². The summed E-state index contributed by atoms with van der Waals surface area (Å²) in [5.74, 6) is 2.26. The standard InChI is InChI=1S/C28H29N9O/c1-37(2)14-13-29-27(38)19-7-9-21-23(15-19)35-25(33-21)17-3-5-18(6-4-17)26-34-22-10-8-20(16-24(22)36-26)32-28-30-11-12-31-28/h3-10,15-16H,11-14H2,1-2H3,(H,29,38)(H,33,35)(H,34,36)(H2,30,31,32). The number of benzene rings is 3. The number of rotatable bonds is 7. The van der Waals surface area contributed by atoms with E-state index in [0.29, 0.717) is 12.1 Å². The maximum atomic E-state index is 12.5. The van der Waals surface area contributed by atoms with Crippen molar-refractivity contribution in [3.63, 3.8) is 0 Å². The van der Waals surface area contributed by atoms with Crippen molar-refractivity contribution in [2.45, 2.75) is 0 Å². The molecule has 192 valence electrons. The molecule has 10 heteroatoms. The fourth-order valence-corrected chi connectivity index (χ4v) is 4.41. The van der Waals surface area contributed by atoms with Crippen LogP contribution in [0.5, 0.6) is 0 Å². The molecule has 3 aromatic carbocycles. The van der Waals surface area contributed by atoms with Crippen molar-refractivity contribution in [2.75, 3.05) is 45.6 Å². The number of guanidine groups is 1. The molecule has 10 nitrogen and oxygen atoms in total. The molecular weight excluding hydrogens is 478 g/mol. The average molecular weight is 508 g/mol. The number of fused-ring (bicyclic) bond motifs is 2. The van der Waals surface area contributed by atoms with Gasteiger partial charge in [0.1, 0.15) is 11.6 Å². The normalized spacial score (nSPS) is 13.2. The van der Waals surface area contributed by atoms with Crippen LogP contribution in [0.25, 0.3) is 44.8 Å². The number of aliphatic imine (C=N–C) groups is 1. The molecule has 0 atom stereocenters. The third-order valence-corrected chi connectivity index (χ3v) is 6.44. The average Bonchev–Trinajstić information content (AvgIpc) is 3.67. The van der Waals surface area contributed by atoms with E-state index in [2.05, 4.69) is 30.9 Å². The number of anilines is 1. The number of hydrogen-bond acceptors (Lipinski definition) is 7. The quantitative estimate of drug-likeness (QED) is 0.230.